The van der Waals surface area contributed by atoms with Crippen LogP contribution in [0.4, 0.5) is 14.5 Å². The highest BCUT2D eigenvalue weighted by molar-refractivity contribution is 9.10. The van der Waals surface area contributed by atoms with Gasteiger partial charge in [0.15, 0.2) is 0 Å². The molecular formula is C14H8BrF2NO3. The molecule has 2 aromatic carbocycles. The topological polar surface area (TPSA) is 66.4 Å². The molecule has 0 spiro atoms. The van der Waals surface area contributed by atoms with E-state index in [1.165, 1.54) is 18.2 Å². The SMILES string of the molecule is O=C(Nc1cc(Br)ccc1C(=O)O)c1ccc(F)cc1F. The van der Waals surface area contributed by atoms with E-state index in [4.69, 9.17) is 5.11 Å². The lowest BCUT2D eigenvalue weighted by molar-refractivity contribution is 0.0698. The number of aromatic carboxylic acids is 1. The minimum absolute atomic E-state index is 0.00519. The number of carbonyl (C=O) groups excluding carboxylic acids is 1. The Balaban J connectivity index is 2.35. The maximum atomic E-state index is 13.5. The molecule has 1 amide bonds. The summed E-state index contributed by atoms with van der Waals surface area (Å²) in [5.41, 5.74) is -0.521. The minimum atomic E-state index is -1.24. The van der Waals surface area contributed by atoms with E-state index in [2.05, 4.69) is 21.2 Å². The van der Waals surface area contributed by atoms with Crippen LogP contribution in [0.15, 0.2) is 40.9 Å². The monoisotopic (exact) mass is 355 g/mol. The number of hydrogen-bond acceptors (Lipinski definition) is 2. The van der Waals surface area contributed by atoms with Crippen molar-refractivity contribution in [2.24, 2.45) is 0 Å². The number of halogens is 3. The van der Waals surface area contributed by atoms with E-state index in [1.54, 1.807) is 0 Å². The maximum Gasteiger partial charge on any atom is 0.337 e. The van der Waals surface area contributed by atoms with Crippen LogP contribution in [0.3, 0.4) is 0 Å². The maximum absolute atomic E-state index is 13.5. The van der Waals surface area contributed by atoms with E-state index in [9.17, 15) is 18.4 Å². The van der Waals surface area contributed by atoms with Crippen LogP contribution in [0.5, 0.6) is 0 Å². The zero-order valence-corrected chi connectivity index (χ0v) is 11.9. The summed E-state index contributed by atoms with van der Waals surface area (Å²) in [4.78, 5) is 23.0. The first-order chi connectivity index (χ1) is 9.88. The van der Waals surface area contributed by atoms with Crippen LogP contribution < -0.4 is 5.32 Å². The summed E-state index contributed by atoms with van der Waals surface area (Å²) in [5.74, 6) is -3.94. The average Bonchev–Trinajstić information content (AvgIpc) is 2.37. The lowest BCUT2D eigenvalue weighted by atomic mass is 10.1. The van der Waals surface area contributed by atoms with Gasteiger partial charge in [0.2, 0.25) is 0 Å². The highest BCUT2D eigenvalue weighted by atomic mass is 79.9. The molecule has 0 saturated carbocycles. The number of amides is 1. The summed E-state index contributed by atoms with van der Waals surface area (Å²) < 4.78 is 26.9. The summed E-state index contributed by atoms with van der Waals surface area (Å²) in [6.45, 7) is 0. The molecule has 0 bridgehead atoms. The number of anilines is 1. The summed E-state index contributed by atoms with van der Waals surface area (Å²) in [6.07, 6.45) is 0. The van der Waals surface area contributed by atoms with Gasteiger partial charge in [-0.15, -0.1) is 0 Å². The van der Waals surface area contributed by atoms with Crippen molar-refractivity contribution in [2.75, 3.05) is 5.32 Å². The summed E-state index contributed by atoms with van der Waals surface area (Å²) in [5, 5.41) is 11.3. The number of rotatable bonds is 3. The number of carbonyl (C=O) groups is 2. The Morgan fingerprint density at radius 3 is 2.33 bits per heavy atom. The molecule has 0 unspecified atom stereocenters. The van der Waals surface area contributed by atoms with Gasteiger partial charge in [-0.3, -0.25) is 4.79 Å². The predicted molar refractivity (Wildman–Crippen MR) is 75.4 cm³/mol. The van der Waals surface area contributed by atoms with Crippen molar-refractivity contribution in [1.82, 2.24) is 0 Å². The molecule has 0 radical (unpaired) electrons. The fourth-order valence-corrected chi connectivity index (χ4v) is 2.03. The third kappa shape index (κ3) is 3.43. The second-order valence-corrected chi connectivity index (χ2v) is 4.99. The van der Waals surface area contributed by atoms with Gasteiger partial charge >= 0.3 is 5.97 Å². The van der Waals surface area contributed by atoms with E-state index in [0.29, 0.717) is 10.5 Å². The van der Waals surface area contributed by atoms with Crippen LogP contribution in [0.2, 0.25) is 0 Å². The Bertz CT molecular complexity index is 734. The zero-order valence-electron chi connectivity index (χ0n) is 10.4. The number of hydrogen-bond donors (Lipinski definition) is 2. The molecule has 0 atom stereocenters. The fourth-order valence-electron chi connectivity index (χ4n) is 1.67. The van der Waals surface area contributed by atoms with Gasteiger partial charge in [-0.05, 0) is 30.3 Å². The first-order valence-corrected chi connectivity index (χ1v) is 6.47. The lowest BCUT2D eigenvalue weighted by Gasteiger charge is -2.09. The van der Waals surface area contributed by atoms with E-state index < -0.39 is 23.5 Å². The summed E-state index contributed by atoms with van der Waals surface area (Å²) in [6, 6.07) is 6.67. The van der Waals surface area contributed by atoms with E-state index >= 15 is 0 Å². The van der Waals surface area contributed by atoms with Crippen LogP contribution in [0.25, 0.3) is 0 Å². The molecule has 108 valence electrons. The summed E-state index contributed by atoms with van der Waals surface area (Å²) in [7, 11) is 0. The lowest BCUT2D eigenvalue weighted by Crippen LogP contribution is -2.16. The highest BCUT2D eigenvalue weighted by Gasteiger charge is 2.17. The third-order valence-corrected chi connectivity index (χ3v) is 3.13. The molecule has 0 aliphatic heterocycles. The Kier molecular flexibility index (Phi) is 4.32. The van der Waals surface area contributed by atoms with Crippen LogP contribution in [-0.2, 0) is 0 Å². The van der Waals surface area contributed by atoms with Crippen molar-refractivity contribution in [3.05, 3.63) is 63.6 Å². The van der Waals surface area contributed by atoms with Gasteiger partial charge in [-0.2, -0.15) is 0 Å². The molecule has 21 heavy (non-hydrogen) atoms. The predicted octanol–water partition coefficient (Wildman–Crippen LogP) is 3.68. The van der Waals surface area contributed by atoms with E-state index in [1.807, 2.05) is 0 Å². The molecule has 4 nitrogen and oxygen atoms in total. The van der Waals surface area contributed by atoms with Crippen molar-refractivity contribution in [3.8, 4) is 0 Å². The highest BCUT2D eigenvalue weighted by Crippen LogP contribution is 2.22. The molecular weight excluding hydrogens is 348 g/mol. The van der Waals surface area contributed by atoms with Crippen LogP contribution >= 0.6 is 15.9 Å². The average molecular weight is 356 g/mol. The van der Waals surface area contributed by atoms with Crippen LogP contribution in [0, 0.1) is 11.6 Å². The third-order valence-electron chi connectivity index (χ3n) is 2.64. The fraction of sp³-hybridized carbons (Fsp3) is 0. The van der Waals surface area contributed by atoms with Gasteiger partial charge in [-0.1, -0.05) is 15.9 Å². The van der Waals surface area contributed by atoms with Gasteiger partial charge in [0, 0.05) is 10.5 Å². The molecule has 0 saturated heterocycles. The first-order valence-electron chi connectivity index (χ1n) is 5.67. The van der Waals surface area contributed by atoms with Gasteiger partial charge in [0.25, 0.3) is 5.91 Å². The Labute approximate surface area is 126 Å². The van der Waals surface area contributed by atoms with Crippen molar-refractivity contribution >= 4 is 33.5 Å². The number of nitrogens with one attached hydrogen (secondary N) is 1. The standard InChI is InChI=1S/C14H8BrF2NO3/c15-7-1-3-10(14(20)21)12(5-7)18-13(19)9-4-2-8(16)6-11(9)17/h1-6H,(H,18,19)(H,20,21). The Hall–Kier alpha value is -2.28. The largest absolute Gasteiger partial charge is 0.478 e. The molecule has 0 fully saturated rings. The van der Waals surface area contributed by atoms with Crippen molar-refractivity contribution in [2.45, 2.75) is 0 Å². The zero-order chi connectivity index (χ0) is 15.6. The molecule has 2 rings (SSSR count). The second kappa shape index (κ2) is 6.01. The van der Waals surface area contributed by atoms with Gasteiger partial charge in [0.05, 0.1) is 16.8 Å². The van der Waals surface area contributed by atoms with Crippen molar-refractivity contribution < 1.29 is 23.5 Å². The molecule has 2 aromatic rings. The summed E-state index contributed by atoms with van der Waals surface area (Å²) >= 11 is 3.15. The first kappa shape index (κ1) is 15.1. The van der Waals surface area contributed by atoms with E-state index in [0.717, 1.165) is 12.1 Å². The molecule has 0 heterocycles. The van der Waals surface area contributed by atoms with Crippen LogP contribution in [-0.4, -0.2) is 17.0 Å². The molecule has 7 heteroatoms. The number of carboxylic acids is 1. The quantitative estimate of drug-likeness (QED) is 0.882. The Morgan fingerprint density at radius 2 is 1.71 bits per heavy atom. The number of benzene rings is 2. The molecule has 0 aliphatic rings. The van der Waals surface area contributed by atoms with Crippen molar-refractivity contribution in [1.29, 1.82) is 0 Å². The van der Waals surface area contributed by atoms with Gasteiger partial charge in [0.1, 0.15) is 11.6 Å². The smallest absolute Gasteiger partial charge is 0.337 e. The second-order valence-electron chi connectivity index (χ2n) is 4.07. The Morgan fingerprint density at radius 1 is 1.05 bits per heavy atom. The number of carboxylic acid groups (broad SMARTS) is 1. The van der Waals surface area contributed by atoms with E-state index in [-0.39, 0.29) is 16.8 Å². The normalized spacial score (nSPS) is 10.2. The molecule has 0 aromatic heterocycles. The minimum Gasteiger partial charge on any atom is -0.478 e. The van der Waals surface area contributed by atoms with Crippen molar-refractivity contribution in [3.63, 3.8) is 0 Å². The molecule has 2 N–H and O–H groups in total. The van der Waals surface area contributed by atoms with Crippen LogP contribution in [0.1, 0.15) is 20.7 Å². The molecule has 0 aliphatic carbocycles. The van der Waals surface area contributed by atoms with Gasteiger partial charge in [-0.25, -0.2) is 13.6 Å². The van der Waals surface area contributed by atoms with Gasteiger partial charge < -0.3 is 10.4 Å².